The van der Waals surface area contributed by atoms with Crippen molar-refractivity contribution in [3.05, 3.63) is 101 Å². The molecule has 6 rings (SSSR count). The van der Waals surface area contributed by atoms with Crippen LogP contribution in [-0.4, -0.2) is 43.8 Å². The molecule has 188 valence electrons. The van der Waals surface area contributed by atoms with Gasteiger partial charge in [0.2, 0.25) is 0 Å². The average molecular weight is 506 g/mol. The number of hydrogen-bond donors (Lipinski definition) is 0. The minimum Gasteiger partial charge on any atom is -0.497 e. The molecular formula is C29H23N5O4. The summed E-state index contributed by atoms with van der Waals surface area (Å²) in [5, 5.41) is 0.378. The number of hydrogen-bond acceptors (Lipinski definition) is 7. The largest absolute Gasteiger partial charge is 0.497 e. The Morgan fingerprint density at radius 1 is 0.895 bits per heavy atom. The van der Waals surface area contributed by atoms with Crippen LogP contribution in [0.1, 0.15) is 22.8 Å². The number of methoxy groups -OCH3 is 1. The van der Waals surface area contributed by atoms with E-state index in [4.69, 9.17) is 24.4 Å². The van der Waals surface area contributed by atoms with E-state index in [0.29, 0.717) is 45.5 Å². The van der Waals surface area contributed by atoms with Crippen LogP contribution in [0, 0.1) is 0 Å². The molecule has 38 heavy (non-hydrogen) atoms. The van der Waals surface area contributed by atoms with Crippen LogP contribution in [0.4, 0.5) is 0 Å². The van der Waals surface area contributed by atoms with Crippen molar-refractivity contribution >= 4 is 39.2 Å². The summed E-state index contributed by atoms with van der Waals surface area (Å²) < 4.78 is 13.7. The summed E-state index contributed by atoms with van der Waals surface area (Å²) in [7, 11) is 1.63. The molecule has 3 aromatic heterocycles. The summed E-state index contributed by atoms with van der Waals surface area (Å²) in [4.78, 5) is 40.3. The van der Waals surface area contributed by atoms with E-state index in [1.165, 1.54) is 10.9 Å². The smallest absolute Gasteiger partial charge is 0.338 e. The van der Waals surface area contributed by atoms with Crippen molar-refractivity contribution in [1.82, 2.24) is 24.1 Å². The number of carbonyl (C=O) groups excluding carboxylic acids is 1. The van der Waals surface area contributed by atoms with Gasteiger partial charge in [-0.05, 0) is 61.0 Å². The Bertz CT molecular complexity index is 1870. The second-order valence-corrected chi connectivity index (χ2v) is 8.70. The zero-order chi connectivity index (χ0) is 26.2. The maximum atomic E-state index is 13.9. The molecule has 0 amide bonds. The van der Waals surface area contributed by atoms with Crippen molar-refractivity contribution in [1.29, 1.82) is 0 Å². The fourth-order valence-corrected chi connectivity index (χ4v) is 4.52. The number of para-hydroxylation sites is 2. The van der Waals surface area contributed by atoms with E-state index >= 15 is 0 Å². The lowest BCUT2D eigenvalue weighted by molar-refractivity contribution is 0.0526. The second-order valence-electron chi connectivity index (χ2n) is 8.70. The van der Waals surface area contributed by atoms with E-state index < -0.39 is 5.97 Å². The SMILES string of the molecule is CCOC(=O)c1ccc(-n2cnc3c(c2=O)c2nc4ccccc4nc2n3Cc2ccc(OC)cc2)cc1. The Kier molecular flexibility index (Phi) is 5.80. The van der Waals surface area contributed by atoms with Gasteiger partial charge in [-0.1, -0.05) is 24.3 Å². The van der Waals surface area contributed by atoms with Crippen LogP contribution >= 0.6 is 0 Å². The zero-order valence-electron chi connectivity index (χ0n) is 20.8. The molecule has 0 bridgehead atoms. The molecule has 9 nitrogen and oxygen atoms in total. The molecule has 0 unspecified atom stereocenters. The minimum absolute atomic E-state index is 0.276. The van der Waals surface area contributed by atoms with Crippen LogP contribution in [0.25, 0.3) is 38.9 Å². The average Bonchev–Trinajstić information content (AvgIpc) is 3.25. The molecule has 0 spiro atoms. The number of esters is 1. The summed E-state index contributed by atoms with van der Waals surface area (Å²) in [5.41, 5.74) is 4.69. The predicted octanol–water partition coefficient (Wildman–Crippen LogP) is 4.52. The first-order valence-electron chi connectivity index (χ1n) is 12.1. The lowest BCUT2D eigenvalue weighted by Crippen LogP contribution is -2.19. The van der Waals surface area contributed by atoms with Crippen molar-refractivity contribution in [3.8, 4) is 11.4 Å². The first-order chi connectivity index (χ1) is 18.6. The predicted molar refractivity (Wildman–Crippen MR) is 144 cm³/mol. The Hall–Kier alpha value is -5.05. The molecule has 0 saturated carbocycles. The first kappa shape index (κ1) is 23.4. The highest BCUT2D eigenvalue weighted by Gasteiger charge is 2.20. The Balaban J connectivity index is 1.55. The van der Waals surface area contributed by atoms with Crippen LogP contribution in [-0.2, 0) is 11.3 Å². The molecule has 0 radical (unpaired) electrons. The summed E-state index contributed by atoms with van der Waals surface area (Å²) in [6.45, 7) is 2.49. The highest BCUT2D eigenvalue weighted by molar-refractivity contribution is 6.04. The summed E-state index contributed by atoms with van der Waals surface area (Å²) >= 11 is 0. The van der Waals surface area contributed by atoms with Gasteiger partial charge in [-0.15, -0.1) is 0 Å². The minimum atomic E-state index is -0.413. The maximum Gasteiger partial charge on any atom is 0.338 e. The van der Waals surface area contributed by atoms with Gasteiger partial charge in [-0.25, -0.2) is 19.7 Å². The van der Waals surface area contributed by atoms with E-state index in [0.717, 1.165) is 16.8 Å². The number of benzene rings is 3. The Morgan fingerprint density at radius 3 is 2.29 bits per heavy atom. The van der Waals surface area contributed by atoms with E-state index in [9.17, 15) is 9.59 Å². The lowest BCUT2D eigenvalue weighted by atomic mass is 10.2. The quantitative estimate of drug-likeness (QED) is 0.307. The fraction of sp³-hybridized carbons (Fsp3) is 0.138. The highest BCUT2D eigenvalue weighted by Crippen LogP contribution is 2.27. The summed E-state index contributed by atoms with van der Waals surface area (Å²) in [6.07, 6.45) is 1.49. The number of rotatable bonds is 6. The maximum absolute atomic E-state index is 13.9. The van der Waals surface area contributed by atoms with E-state index in [1.807, 2.05) is 53.1 Å². The number of fused-ring (bicyclic) bond motifs is 4. The van der Waals surface area contributed by atoms with Crippen LogP contribution in [0.3, 0.4) is 0 Å². The van der Waals surface area contributed by atoms with Gasteiger partial charge in [0.25, 0.3) is 5.56 Å². The van der Waals surface area contributed by atoms with Crippen LogP contribution < -0.4 is 10.3 Å². The third-order valence-electron chi connectivity index (χ3n) is 6.41. The first-order valence-corrected chi connectivity index (χ1v) is 12.1. The number of nitrogens with zero attached hydrogens (tertiary/aromatic N) is 5. The van der Waals surface area contributed by atoms with E-state index in [1.54, 1.807) is 38.3 Å². The molecule has 0 aliphatic rings. The van der Waals surface area contributed by atoms with Crippen molar-refractivity contribution < 1.29 is 14.3 Å². The summed E-state index contributed by atoms with van der Waals surface area (Å²) in [5.74, 6) is 0.348. The van der Waals surface area contributed by atoms with Crippen LogP contribution in [0.2, 0.25) is 0 Å². The molecule has 3 aromatic carbocycles. The third-order valence-corrected chi connectivity index (χ3v) is 6.41. The highest BCUT2D eigenvalue weighted by atomic mass is 16.5. The van der Waals surface area contributed by atoms with E-state index in [2.05, 4.69) is 0 Å². The van der Waals surface area contributed by atoms with Gasteiger partial charge in [-0.2, -0.15) is 0 Å². The Labute approximate surface area is 216 Å². The molecule has 9 heteroatoms. The number of carbonyl (C=O) groups is 1. The molecule has 0 atom stereocenters. The van der Waals surface area contributed by atoms with Gasteiger partial charge in [0.15, 0.2) is 11.3 Å². The van der Waals surface area contributed by atoms with Gasteiger partial charge in [0, 0.05) is 0 Å². The fourth-order valence-electron chi connectivity index (χ4n) is 4.52. The Morgan fingerprint density at radius 2 is 1.61 bits per heavy atom. The number of aromatic nitrogens is 5. The van der Waals surface area contributed by atoms with Gasteiger partial charge in [-0.3, -0.25) is 9.36 Å². The summed E-state index contributed by atoms with van der Waals surface area (Å²) in [6, 6.07) is 21.9. The molecule has 6 aromatic rings. The molecule has 0 aliphatic heterocycles. The molecule has 0 aliphatic carbocycles. The topological polar surface area (TPSA) is 101 Å². The van der Waals surface area contributed by atoms with Crippen molar-refractivity contribution in [2.75, 3.05) is 13.7 Å². The van der Waals surface area contributed by atoms with Crippen molar-refractivity contribution in [2.24, 2.45) is 0 Å². The lowest BCUT2D eigenvalue weighted by Gasteiger charge is -2.09. The van der Waals surface area contributed by atoms with Crippen LogP contribution in [0.5, 0.6) is 5.75 Å². The molecular weight excluding hydrogens is 482 g/mol. The molecule has 0 saturated heterocycles. The zero-order valence-corrected chi connectivity index (χ0v) is 20.8. The van der Waals surface area contributed by atoms with Crippen molar-refractivity contribution in [3.63, 3.8) is 0 Å². The van der Waals surface area contributed by atoms with Gasteiger partial charge in [0.05, 0.1) is 42.5 Å². The molecule has 3 heterocycles. The number of ether oxygens (including phenoxy) is 2. The van der Waals surface area contributed by atoms with Gasteiger partial charge >= 0.3 is 5.97 Å². The van der Waals surface area contributed by atoms with Crippen LogP contribution in [0.15, 0.2) is 83.9 Å². The normalized spacial score (nSPS) is 11.3. The van der Waals surface area contributed by atoms with Gasteiger partial charge in [0.1, 0.15) is 23.0 Å². The monoisotopic (exact) mass is 505 g/mol. The molecule has 0 fully saturated rings. The van der Waals surface area contributed by atoms with Crippen molar-refractivity contribution in [2.45, 2.75) is 13.5 Å². The standard InChI is InChI=1S/C29H23N5O4/c1-3-38-29(36)19-10-12-20(13-11-19)34-17-30-26-24(28(34)35)25-27(32-23-7-5-4-6-22(23)31-25)33(26)16-18-8-14-21(37-2)15-9-18/h4-15,17H,3,16H2,1-2H3. The van der Waals surface area contributed by atoms with E-state index in [-0.39, 0.29) is 12.2 Å². The molecule has 0 N–H and O–H groups in total. The third kappa shape index (κ3) is 3.94. The van der Waals surface area contributed by atoms with Gasteiger partial charge < -0.3 is 14.0 Å². The second kappa shape index (κ2) is 9.44.